The molecule has 9 nitrogen and oxygen atoms in total. The van der Waals surface area contributed by atoms with Crippen molar-refractivity contribution in [1.82, 2.24) is 34.3 Å². The predicted octanol–water partition coefficient (Wildman–Crippen LogP) is 2.50. The average Bonchev–Trinajstić information content (AvgIpc) is 3.40. The molecular formula is C27H39N7O2. The first kappa shape index (κ1) is 25.9. The summed E-state index contributed by atoms with van der Waals surface area (Å²) < 4.78 is 3.74. The van der Waals surface area contributed by atoms with Crippen molar-refractivity contribution in [2.45, 2.75) is 45.7 Å². The second-order valence-corrected chi connectivity index (χ2v) is 10.5. The van der Waals surface area contributed by atoms with Gasteiger partial charge >= 0.3 is 0 Å². The van der Waals surface area contributed by atoms with Gasteiger partial charge in [0.05, 0.1) is 29.1 Å². The monoisotopic (exact) mass is 493 g/mol. The van der Waals surface area contributed by atoms with Crippen LogP contribution in [-0.4, -0.2) is 94.2 Å². The lowest BCUT2D eigenvalue weighted by Gasteiger charge is -2.24. The van der Waals surface area contributed by atoms with E-state index in [9.17, 15) is 9.59 Å². The molecule has 0 radical (unpaired) electrons. The number of carbonyl (C=O) groups excluding carboxylic acids is 2. The van der Waals surface area contributed by atoms with Gasteiger partial charge in [0.1, 0.15) is 0 Å². The Labute approximate surface area is 214 Å². The van der Waals surface area contributed by atoms with Crippen LogP contribution in [0.25, 0.3) is 0 Å². The van der Waals surface area contributed by atoms with Crippen molar-refractivity contribution in [3.8, 4) is 0 Å². The number of aromatic nitrogens is 4. The summed E-state index contributed by atoms with van der Waals surface area (Å²) in [7, 11) is 9.97. The van der Waals surface area contributed by atoms with Crippen molar-refractivity contribution >= 4 is 11.6 Å². The molecule has 0 spiro atoms. The summed E-state index contributed by atoms with van der Waals surface area (Å²) in [6.07, 6.45) is 10.6. The van der Waals surface area contributed by atoms with Crippen molar-refractivity contribution in [3.63, 3.8) is 0 Å². The highest BCUT2D eigenvalue weighted by molar-refractivity contribution is 6.10. The number of ketones is 2. The smallest absolute Gasteiger partial charge is 0.193 e. The number of likely N-dealkylation sites (N-methyl/N-ethyl adjacent to an activating group) is 1. The molecule has 2 aliphatic carbocycles. The Balaban J connectivity index is 1.50. The molecule has 36 heavy (non-hydrogen) atoms. The quantitative estimate of drug-likeness (QED) is 0.413. The van der Waals surface area contributed by atoms with Crippen LogP contribution in [0.3, 0.4) is 0 Å². The van der Waals surface area contributed by atoms with E-state index in [1.807, 2.05) is 81.2 Å². The zero-order chi connectivity index (χ0) is 26.0. The predicted molar refractivity (Wildman–Crippen MR) is 140 cm³/mol. The number of aryl methyl sites for hydroxylation is 2. The van der Waals surface area contributed by atoms with E-state index in [0.717, 1.165) is 72.7 Å². The van der Waals surface area contributed by atoms with E-state index in [4.69, 9.17) is 0 Å². The summed E-state index contributed by atoms with van der Waals surface area (Å²) in [4.78, 5) is 32.7. The molecule has 1 atom stereocenters. The van der Waals surface area contributed by atoms with Gasteiger partial charge in [-0.1, -0.05) is 0 Å². The number of hydrogen-bond acceptors (Lipinski definition) is 7. The Kier molecular flexibility index (Phi) is 7.78. The highest BCUT2D eigenvalue weighted by atomic mass is 16.1. The Morgan fingerprint density at radius 2 is 1.56 bits per heavy atom. The maximum absolute atomic E-state index is 13.3. The molecule has 0 fully saturated rings. The van der Waals surface area contributed by atoms with Gasteiger partial charge in [-0.05, 0) is 52.6 Å². The van der Waals surface area contributed by atoms with E-state index in [0.29, 0.717) is 12.8 Å². The maximum atomic E-state index is 13.3. The molecule has 0 saturated heterocycles. The molecule has 2 aromatic heterocycles. The minimum Gasteiger partial charge on any atom is -0.383 e. The standard InChI is InChI=1S/C27H39N7O2/c1-7-33-17-23-25(29-33)13-19(12-21(27(23)36)15-31(4)5)14-32(6)16-20-8-9-24-22(26(20)35)18-34(28-24)11-10-30(2)3/h15-19H,7-14H2,1-6H3. The zero-order valence-electron chi connectivity index (χ0n) is 22.5. The first-order chi connectivity index (χ1) is 17.1. The second kappa shape index (κ2) is 10.8. The molecular weight excluding hydrogens is 454 g/mol. The molecule has 194 valence electrons. The Bertz CT molecular complexity index is 1180. The molecule has 2 aliphatic rings. The molecule has 2 aromatic rings. The molecule has 0 N–H and O–H groups in total. The lowest BCUT2D eigenvalue weighted by Crippen LogP contribution is -2.25. The third kappa shape index (κ3) is 5.78. The van der Waals surface area contributed by atoms with Crippen LogP contribution in [0, 0.1) is 5.92 Å². The van der Waals surface area contributed by atoms with Gasteiger partial charge in [0, 0.05) is 76.7 Å². The minimum atomic E-state index is 0.0724. The van der Waals surface area contributed by atoms with Crippen molar-refractivity contribution in [3.05, 3.63) is 58.5 Å². The third-order valence-electron chi connectivity index (χ3n) is 6.81. The Morgan fingerprint density at radius 3 is 2.25 bits per heavy atom. The summed E-state index contributed by atoms with van der Waals surface area (Å²) in [5.41, 5.74) is 4.85. The van der Waals surface area contributed by atoms with Crippen LogP contribution >= 0.6 is 0 Å². The van der Waals surface area contributed by atoms with Gasteiger partial charge in [-0.25, -0.2) is 0 Å². The SMILES string of the molecule is CCn1cc2c(n1)CC(CN(C)C=C1CCc3nn(CCN(C)C)cc3C1=O)CC(=CN(C)C)C2=O. The van der Waals surface area contributed by atoms with E-state index in [1.54, 1.807) is 0 Å². The first-order valence-electron chi connectivity index (χ1n) is 12.8. The van der Waals surface area contributed by atoms with E-state index < -0.39 is 0 Å². The van der Waals surface area contributed by atoms with Gasteiger partial charge in [0.15, 0.2) is 11.6 Å². The number of carbonyl (C=O) groups is 2. The molecule has 0 amide bonds. The second-order valence-electron chi connectivity index (χ2n) is 10.5. The van der Waals surface area contributed by atoms with Crippen molar-refractivity contribution in [2.75, 3.05) is 48.3 Å². The summed E-state index contributed by atoms with van der Waals surface area (Å²) in [5.74, 6) is 0.363. The molecule has 0 aliphatic heterocycles. The topological polar surface area (TPSA) is 79.5 Å². The van der Waals surface area contributed by atoms with Crippen molar-refractivity contribution in [2.24, 2.45) is 5.92 Å². The highest BCUT2D eigenvalue weighted by Gasteiger charge is 2.30. The Morgan fingerprint density at radius 1 is 0.889 bits per heavy atom. The molecule has 1 unspecified atom stereocenters. The first-order valence-corrected chi connectivity index (χ1v) is 12.8. The van der Waals surface area contributed by atoms with Crippen LogP contribution in [0.2, 0.25) is 0 Å². The summed E-state index contributed by atoms with van der Waals surface area (Å²) in [6.45, 7) is 5.16. The van der Waals surface area contributed by atoms with E-state index in [-0.39, 0.29) is 17.5 Å². The van der Waals surface area contributed by atoms with E-state index >= 15 is 0 Å². The fraction of sp³-hybridized carbons (Fsp3) is 0.556. The summed E-state index contributed by atoms with van der Waals surface area (Å²) in [6, 6.07) is 0. The lowest BCUT2D eigenvalue weighted by molar-refractivity contribution is 0.101. The minimum absolute atomic E-state index is 0.0724. The largest absolute Gasteiger partial charge is 0.383 e. The Hall–Kier alpha value is -3.20. The van der Waals surface area contributed by atoms with Gasteiger partial charge in [-0.15, -0.1) is 0 Å². The van der Waals surface area contributed by atoms with Crippen LogP contribution in [-0.2, 0) is 25.9 Å². The van der Waals surface area contributed by atoms with Gasteiger partial charge in [0.2, 0.25) is 0 Å². The lowest BCUT2D eigenvalue weighted by atomic mass is 9.92. The number of fused-ring (bicyclic) bond motifs is 2. The normalized spacial score (nSPS) is 20.1. The molecule has 9 heteroatoms. The fourth-order valence-electron chi connectivity index (χ4n) is 5.08. The van der Waals surface area contributed by atoms with Gasteiger partial charge in [-0.2, -0.15) is 10.2 Å². The third-order valence-corrected chi connectivity index (χ3v) is 6.81. The number of rotatable bonds is 8. The van der Waals surface area contributed by atoms with Gasteiger partial charge in [0.25, 0.3) is 0 Å². The maximum Gasteiger partial charge on any atom is 0.193 e. The van der Waals surface area contributed by atoms with E-state index in [1.165, 1.54) is 0 Å². The number of Topliss-reactive ketones (excluding diaryl/α,β-unsaturated/α-hetero) is 2. The number of allylic oxidation sites excluding steroid dienone is 2. The van der Waals surface area contributed by atoms with Gasteiger partial charge < -0.3 is 14.7 Å². The summed E-state index contributed by atoms with van der Waals surface area (Å²) >= 11 is 0. The molecule has 0 aromatic carbocycles. The molecule has 0 saturated carbocycles. The van der Waals surface area contributed by atoms with Crippen LogP contribution in [0.5, 0.6) is 0 Å². The molecule has 2 heterocycles. The number of hydrogen-bond donors (Lipinski definition) is 0. The zero-order valence-corrected chi connectivity index (χ0v) is 22.5. The van der Waals surface area contributed by atoms with Crippen LogP contribution in [0.4, 0.5) is 0 Å². The van der Waals surface area contributed by atoms with Crippen LogP contribution in [0.1, 0.15) is 51.9 Å². The number of nitrogens with zero attached hydrogens (tertiary/aromatic N) is 7. The van der Waals surface area contributed by atoms with E-state index in [2.05, 4.69) is 20.0 Å². The fourth-order valence-corrected chi connectivity index (χ4v) is 5.08. The van der Waals surface area contributed by atoms with Crippen LogP contribution in [0.15, 0.2) is 35.9 Å². The van der Waals surface area contributed by atoms with Crippen LogP contribution < -0.4 is 0 Å². The summed E-state index contributed by atoms with van der Waals surface area (Å²) in [5, 5.41) is 9.32. The highest BCUT2D eigenvalue weighted by Crippen LogP contribution is 2.29. The molecule has 4 rings (SSSR count). The van der Waals surface area contributed by atoms with Crippen molar-refractivity contribution in [1.29, 1.82) is 0 Å². The average molecular weight is 494 g/mol. The van der Waals surface area contributed by atoms with Gasteiger partial charge in [-0.3, -0.25) is 19.0 Å². The molecule has 0 bridgehead atoms. The van der Waals surface area contributed by atoms with Crippen molar-refractivity contribution < 1.29 is 9.59 Å².